The third-order valence-corrected chi connectivity index (χ3v) is 6.27. The number of hydrogen-bond donors (Lipinski definition) is 1. The Bertz CT molecular complexity index is 1190. The van der Waals surface area contributed by atoms with Crippen molar-refractivity contribution >= 4 is 21.8 Å². The number of sulfone groups is 1. The summed E-state index contributed by atoms with van der Waals surface area (Å²) in [7, 11) is -3.61. The second-order valence-corrected chi connectivity index (χ2v) is 8.80. The number of nitrogens with one attached hydrogen (secondary N) is 1. The molecule has 2 aromatic carbocycles. The normalized spacial score (nSPS) is 13.1. The van der Waals surface area contributed by atoms with Crippen LogP contribution in [0.2, 0.25) is 0 Å². The number of halogens is 1. The van der Waals surface area contributed by atoms with E-state index in [1.807, 2.05) is 0 Å². The largest absolute Gasteiger partial charge is 0.486 e. The lowest BCUT2D eigenvalue weighted by molar-refractivity contribution is -0.116. The number of amides is 1. The van der Waals surface area contributed by atoms with Crippen molar-refractivity contribution in [1.82, 2.24) is 10.2 Å². The SMILES string of the molecule is O=C(CCCS(=O)(=O)c1ccc(F)cc1)Nc1nnc(-c2ccc3c(c2)OCCO3)o1. The first-order valence-electron chi connectivity index (χ1n) is 9.42. The summed E-state index contributed by atoms with van der Waals surface area (Å²) < 4.78 is 53.8. The van der Waals surface area contributed by atoms with Crippen LogP contribution in [0.5, 0.6) is 11.5 Å². The van der Waals surface area contributed by atoms with Crippen LogP contribution in [-0.2, 0) is 14.6 Å². The van der Waals surface area contributed by atoms with Crippen LogP contribution in [0, 0.1) is 5.82 Å². The van der Waals surface area contributed by atoms with Crippen molar-refractivity contribution < 1.29 is 31.5 Å². The maximum atomic E-state index is 12.9. The summed E-state index contributed by atoms with van der Waals surface area (Å²) in [5.74, 6) is 0.137. The van der Waals surface area contributed by atoms with Gasteiger partial charge in [-0.3, -0.25) is 10.1 Å². The molecule has 0 spiro atoms. The van der Waals surface area contributed by atoms with E-state index >= 15 is 0 Å². The van der Waals surface area contributed by atoms with Gasteiger partial charge in [0.1, 0.15) is 19.0 Å². The lowest BCUT2D eigenvalue weighted by Gasteiger charge is -2.18. The molecule has 1 aliphatic rings. The second-order valence-electron chi connectivity index (χ2n) is 6.70. The highest BCUT2D eigenvalue weighted by atomic mass is 32.2. The summed E-state index contributed by atoms with van der Waals surface area (Å²) in [6, 6.07) is 9.61. The molecule has 1 amide bonds. The van der Waals surface area contributed by atoms with E-state index in [1.165, 1.54) is 12.1 Å². The molecule has 0 fully saturated rings. The summed E-state index contributed by atoms with van der Waals surface area (Å²) in [6.45, 7) is 0.923. The van der Waals surface area contributed by atoms with E-state index in [0.29, 0.717) is 30.3 Å². The first-order chi connectivity index (χ1) is 14.9. The first-order valence-corrected chi connectivity index (χ1v) is 11.1. The number of carbonyl (C=O) groups is 1. The molecule has 162 valence electrons. The number of anilines is 1. The van der Waals surface area contributed by atoms with Gasteiger partial charge < -0.3 is 13.9 Å². The minimum atomic E-state index is -3.61. The van der Waals surface area contributed by atoms with Crippen LogP contribution in [0.25, 0.3) is 11.5 Å². The molecule has 1 N–H and O–H groups in total. The maximum Gasteiger partial charge on any atom is 0.322 e. The Morgan fingerprint density at radius 2 is 1.77 bits per heavy atom. The van der Waals surface area contributed by atoms with Crippen molar-refractivity contribution in [3.63, 3.8) is 0 Å². The number of benzene rings is 2. The van der Waals surface area contributed by atoms with Crippen molar-refractivity contribution in [2.75, 3.05) is 24.3 Å². The Morgan fingerprint density at radius 3 is 2.55 bits per heavy atom. The van der Waals surface area contributed by atoms with Gasteiger partial charge in [-0.25, -0.2) is 12.8 Å². The highest BCUT2D eigenvalue weighted by molar-refractivity contribution is 7.91. The molecule has 0 unspecified atom stereocenters. The van der Waals surface area contributed by atoms with Crippen LogP contribution in [-0.4, -0.2) is 43.5 Å². The summed E-state index contributed by atoms with van der Waals surface area (Å²) in [5, 5.41) is 10.1. The van der Waals surface area contributed by atoms with Gasteiger partial charge in [0.05, 0.1) is 10.6 Å². The number of nitrogens with zero attached hydrogens (tertiary/aromatic N) is 2. The molecule has 11 heteroatoms. The molecule has 2 heterocycles. The Hall–Kier alpha value is -3.47. The fourth-order valence-corrected chi connectivity index (χ4v) is 4.24. The van der Waals surface area contributed by atoms with Gasteiger partial charge in [0.15, 0.2) is 21.3 Å². The summed E-state index contributed by atoms with van der Waals surface area (Å²) in [4.78, 5) is 12.1. The van der Waals surface area contributed by atoms with Crippen molar-refractivity contribution in [3.8, 4) is 23.0 Å². The molecular weight excluding hydrogens is 429 g/mol. The fourth-order valence-electron chi connectivity index (χ4n) is 2.93. The summed E-state index contributed by atoms with van der Waals surface area (Å²) in [6.07, 6.45) is 0.0108. The number of carbonyl (C=O) groups excluding carboxylic acids is 1. The van der Waals surface area contributed by atoms with Crippen LogP contribution < -0.4 is 14.8 Å². The Morgan fingerprint density at radius 1 is 1.03 bits per heavy atom. The monoisotopic (exact) mass is 447 g/mol. The lowest BCUT2D eigenvalue weighted by Crippen LogP contribution is -2.15. The van der Waals surface area contributed by atoms with E-state index in [9.17, 15) is 17.6 Å². The predicted molar refractivity (Wildman–Crippen MR) is 107 cm³/mol. The summed E-state index contributed by atoms with van der Waals surface area (Å²) >= 11 is 0. The highest BCUT2D eigenvalue weighted by Gasteiger charge is 2.18. The number of rotatable bonds is 7. The van der Waals surface area contributed by atoms with E-state index in [0.717, 1.165) is 12.1 Å². The molecule has 1 aliphatic heterocycles. The van der Waals surface area contributed by atoms with Gasteiger partial charge in [-0.15, -0.1) is 5.10 Å². The van der Waals surface area contributed by atoms with E-state index in [-0.39, 0.29) is 35.4 Å². The van der Waals surface area contributed by atoms with E-state index in [1.54, 1.807) is 18.2 Å². The molecule has 0 radical (unpaired) electrons. The molecule has 0 aliphatic carbocycles. The van der Waals surface area contributed by atoms with Gasteiger partial charge in [0.2, 0.25) is 11.8 Å². The number of fused-ring (bicyclic) bond motifs is 1. The average Bonchev–Trinajstić information content (AvgIpc) is 3.22. The van der Waals surface area contributed by atoms with Gasteiger partial charge in [0.25, 0.3) is 0 Å². The second kappa shape index (κ2) is 8.72. The molecule has 9 nitrogen and oxygen atoms in total. The van der Waals surface area contributed by atoms with Gasteiger partial charge >= 0.3 is 6.01 Å². The third kappa shape index (κ3) is 5.00. The van der Waals surface area contributed by atoms with Gasteiger partial charge in [-0.05, 0) is 48.9 Å². The topological polar surface area (TPSA) is 121 Å². The van der Waals surface area contributed by atoms with Crippen molar-refractivity contribution in [2.24, 2.45) is 0 Å². The zero-order valence-electron chi connectivity index (χ0n) is 16.2. The fraction of sp³-hybridized carbons (Fsp3) is 0.250. The van der Waals surface area contributed by atoms with E-state index in [2.05, 4.69) is 15.5 Å². The summed E-state index contributed by atoms with van der Waals surface area (Å²) in [5.41, 5.74) is 0.600. The quantitative estimate of drug-likeness (QED) is 0.549. The van der Waals surface area contributed by atoms with Gasteiger partial charge in [-0.2, -0.15) is 0 Å². The Balaban J connectivity index is 1.31. The Labute approximate surface area is 177 Å². The Kier molecular flexibility index (Phi) is 5.85. The van der Waals surface area contributed by atoms with E-state index < -0.39 is 21.6 Å². The van der Waals surface area contributed by atoms with Crippen LogP contribution in [0.3, 0.4) is 0 Å². The first kappa shape index (κ1) is 20.8. The molecule has 4 rings (SSSR count). The van der Waals surface area contributed by atoms with E-state index in [4.69, 9.17) is 13.9 Å². The minimum Gasteiger partial charge on any atom is -0.486 e. The molecule has 0 saturated heterocycles. The molecule has 3 aromatic rings. The third-order valence-electron chi connectivity index (χ3n) is 4.45. The predicted octanol–water partition coefficient (Wildman–Crippen LogP) is 2.84. The smallest absolute Gasteiger partial charge is 0.322 e. The zero-order valence-corrected chi connectivity index (χ0v) is 17.0. The zero-order chi connectivity index (χ0) is 21.8. The molecule has 31 heavy (non-hydrogen) atoms. The molecule has 0 bridgehead atoms. The number of hydrogen-bond acceptors (Lipinski definition) is 8. The van der Waals surface area contributed by atoms with Gasteiger partial charge in [0, 0.05) is 12.0 Å². The van der Waals surface area contributed by atoms with Crippen LogP contribution in [0.1, 0.15) is 12.8 Å². The lowest BCUT2D eigenvalue weighted by atomic mass is 10.2. The van der Waals surface area contributed by atoms with Crippen LogP contribution in [0.4, 0.5) is 10.4 Å². The molecule has 1 aromatic heterocycles. The molecular formula is C20H18FN3O6S. The highest BCUT2D eigenvalue weighted by Crippen LogP contribution is 2.34. The molecule has 0 saturated carbocycles. The van der Waals surface area contributed by atoms with Crippen molar-refractivity contribution in [2.45, 2.75) is 17.7 Å². The van der Waals surface area contributed by atoms with Crippen LogP contribution >= 0.6 is 0 Å². The minimum absolute atomic E-state index is 0.00952. The number of ether oxygens (including phenoxy) is 2. The van der Waals surface area contributed by atoms with Gasteiger partial charge in [-0.1, -0.05) is 5.10 Å². The van der Waals surface area contributed by atoms with Crippen LogP contribution in [0.15, 0.2) is 51.8 Å². The maximum absolute atomic E-state index is 12.9. The number of aromatic nitrogens is 2. The molecule has 0 atom stereocenters. The average molecular weight is 447 g/mol. The standard InChI is InChI=1S/C20H18FN3O6S/c21-14-4-6-15(7-5-14)31(26,27)11-1-2-18(25)22-20-24-23-19(30-20)13-3-8-16-17(12-13)29-10-9-28-16/h3-8,12H,1-2,9-11H2,(H,22,24,25). The van der Waals surface area contributed by atoms with Crippen molar-refractivity contribution in [1.29, 1.82) is 0 Å². The van der Waals surface area contributed by atoms with Crippen molar-refractivity contribution in [3.05, 3.63) is 48.3 Å².